The summed E-state index contributed by atoms with van der Waals surface area (Å²) in [6, 6.07) is 10.6. The number of benzene rings is 2. The van der Waals surface area contributed by atoms with Crippen LogP contribution in [0.5, 0.6) is 0 Å². The Morgan fingerprint density at radius 1 is 0.697 bits per heavy atom. The molecule has 0 saturated heterocycles. The molecule has 2 saturated carbocycles. The first-order valence-corrected chi connectivity index (χ1v) is 14.4. The van der Waals surface area contributed by atoms with Crippen LogP contribution in [0, 0.1) is 29.5 Å². The molecule has 0 heterocycles. The topological polar surface area (TPSA) is 0 Å². The van der Waals surface area contributed by atoms with E-state index < -0.39 is 0 Å². The zero-order chi connectivity index (χ0) is 23.0. The van der Waals surface area contributed by atoms with Gasteiger partial charge in [-0.2, -0.15) is 0 Å². The molecule has 2 fully saturated rings. The standard InChI is InChI=1S/C32H47F/c1-3-5-6-8-29-20-21-30-23-26(15-22-31(30)32(29)33)10-9-25-13-18-28(19-14-25)27-16-11-24(7-4-2)12-17-27/h15,20-25,27-28H,3-14,16-19H2,1-2H3. The Hall–Kier alpha value is -1.37. The molecule has 2 aliphatic carbocycles. The zero-order valence-corrected chi connectivity index (χ0v) is 21.4. The third-order valence-corrected chi connectivity index (χ3v) is 9.14. The van der Waals surface area contributed by atoms with Crippen LogP contribution in [0.4, 0.5) is 4.39 Å². The second kappa shape index (κ2) is 12.4. The molecule has 0 aliphatic heterocycles. The summed E-state index contributed by atoms with van der Waals surface area (Å²) in [5, 5.41) is 1.88. The highest BCUT2D eigenvalue weighted by molar-refractivity contribution is 5.84. The van der Waals surface area contributed by atoms with Crippen LogP contribution in [0.2, 0.25) is 0 Å². The maximum absolute atomic E-state index is 15.0. The molecule has 1 heteroatoms. The third kappa shape index (κ3) is 6.61. The van der Waals surface area contributed by atoms with Gasteiger partial charge in [-0.3, -0.25) is 0 Å². The van der Waals surface area contributed by atoms with E-state index in [-0.39, 0.29) is 5.82 Å². The molecule has 2 aromatic carbocycles. The molecule has 0 bridgehead atoms. The number of halogens is 1. The second-order valence-electron chi connectivity index (χ2n) is 11.4. The number of rotatable bonds is 10. The van der Waals surface area contributed by atoms with E-state index in [0.29, 0.717) is 0 Å². The predicted molar refractivity (Wildman–Crippen MR) is 141 cm³/mol. The van der Waals surface area contributed by atoms with Gasteiger partial charge in [-0.05, 0) is 91.6 Å². The van der Waals surface area contributed by atoms with Gasteiger partial charge in [0.15, 0.2) is 0 Å². The van der Waals surface area contributed by atoms with Gasteiger partial charge < -0.3 is 0 Å². The van der Waals surface area contributed by atoms with Gasteiger partial charge in [0.25, 0.3) is 0 Å². The maximum Gasteiger partial charge on any atom is 0.134 e. The minimum absolute atomic E-state index is 0.0113. The third-order valence-electron chi connectivity index (χ3n) is 9.14. The van der Waals surface area contributed by atoms with Gasteiger partial charge in [0.2, 0.25) is 0 Å². The summed E-state index contributed by atoms with van der Waals surface area (Å²) < 4.78 is 15.0. The summed E-state index contributed by atoms with van der Waals surface area (Å²) in [6.07, 6.45) is 21.4. The van der Waals surface area contributed by atoms with Crippen LogP contribution >= 0.6 is 0 Å². The average Bonchev–Trinajstić information content (AvgIpc) is 2.85. The van der Waals surface area contributed by atoms with Gasteiger partial charge in [-0.25, -0.2) is 4.39 Å². The normalized spacial score (nSPS) is 26.0. The average molecular weight is 451 g/mol. The summed E-state index contributed by atoms with van der Waals surface area (Å²) in [7, 11) is 0. The molecule has 0 amide bonds. The Morgan fingerprint density at radius 3 is 2.00 bits per heavy atom. The van der Waals surface area contributed by atoms with Crippen molar-refractivity contribution in [1.82, 2.24) is 0 Å². The highest BCUT2D eigenvalue weighted by Gasteiger charge is 2.30. The molecule has 182 valence electrons. The van der Waals surface area contributed by atoms with Crippen LogP contribution in [0.15, 0.2) is 30.3 Å². The van der Waals surface area contributed by atoms with Crippen molar-refractivity contribution in [3.8, 4) is 0 Å². The Bertz CT molecular complexity index is 852. The largest absolute Gasteiger partial charge is 0.206 e. The van der Waals surface area contributed by atoms with Crippen LogP contribution in [0.3, 0.4) is 0 Å². The Kier molecular flexibility index (Phi) is 9.27. The molecule has 0 spiro atoms. The lowest BCUT2D eigenvalue weighted by Crippen LogP contribution is -2.26. The van der Waals surface area contributed by atoms with Crippen molar-refractivity contribution in [3.63, 3.8) is 0 Å². The van der Waals surface area contributed by atoms with Crippen molar-refractivity contribution in [2.45, 2.75) is 117 Å². The molecule has 33 heavy (non-hydrogen) atoms. The molecule has 2 aromatic rings. The van der Waals surface area contributed by atoms with Crippen molar-refractivity contribution < 1.29 is 4.39 Å². The van der Waals surface area contributed by atoms with Crippen molar-refractivity contribution in [1.29, 1.82) is 0 Å². The first kappa shape index (κ1) is 24.7. The molecular formula is C32H47F. The van der Waals surface area contributed by atoms with E-state index in [1.807, 2.05) is 12.1 Å². The first-order chi connectivity index (χ1) is 16.2. The van der Waals surface area contributed by atoms with E-state index in [4.69, 9.17) is 0 Å². The molecule has 4 rings (SSSR count). The molecule has 0 atom stereocenters. The van der Waals surface area contributed by atoms with E-state index in [9.17, 15) is 4.39 Å². The van der Waals surface area contributed by atoms with Crippen LogP contribution in [-0.2, 0) is 12.8 Å². The van der Waals surface area contributed by atoms with E-state index in [0.717, 1.165) is 59.3 Å². The highest BCUT2D eigenvalue weighted by Crippen LogP contribution is 2.43. The highest BCUT2D eigenvalue weighted by atomic mass is 19.1. The molecule has 0 N–H and O–H groups in total. The number of hydrogen-bond donors (Lipinski definition) is 0. The lowest BCUT2D eigenvalue weighted by atomic mass is 9.68. The van der Waals surface area contributed by atoms with Gasteiger partial charge >= 0.3 is 0 Å². The summed E-state index contributed by atoms with van der Waals surface area (Å²) in [4.78, 5) is 0. The Balaban J connectivity index is 1.24. The fourth-order valence-corrected chi connectivity index (χ4v) is 6.98. The van der Waals surface area contributed by atoms with Crippen molar-refractivity contribution in [2.24, 2.45) is 23.7 Å². The minimum atomic E-state index is 0.0113. The summed E-state index contributed by atoms with van der Waals surface area (Å²) in [5.74, 6) is 3.98. The SMILES string of the molecule is CCCCCc1ccc2cc(CCC3CCC(C4CCC(CCC)CC4)CC3)ccc2c1F. The summed E-state index contributed by atoms with van der Waals surface area (Å²) in [5.41, 5.74) is 2.27. The minimum Gasteiger partial charge on any atom is -0.206 e. The molecule has 0 radical (unpaired) electrons. The van der Waals surface area contributed by atoms with Gasteiger partial charge in [-0.1, -0.05) is 95.5 Å². The van der Waals surface area contributed by atoms with E-state index in [1.54, 1.807) is 0 Å². The summed E-state index contributed by atoms with van der Waals surface area (Å²) >= 11 is 0. The fourth-order valence-electron chi connectivity index (χ4n) is 6.98. The quantitative estimate of drug-likeness (QED) is 0.316. The van der Waals surface area contributed by atoms with Crippen molar-refractivity contribution >= 4 is 10.8 Å². The molecule has 2 aliphatic rings. The number of aryl methyl sites for hydroxylation is 2. The number of hydrogen-bond acceptors (Lipinski definition) is 0. The summed E-state index contributed by atoms with van der Waals surface area (Å²) in [6.45, 7) is 4.54. The monoisotopic (exact) mass is 450 g/mol. The van der Waals surface area contributed by atoms with Gasteiger partial charge in [-0.15, -0.1) is 0 Å². The molecule has 0 unspecified atom stereocenters. The number of unbranched alkanes of at least 4 members (excludes halogenated alkanes) is 2. The second-order valence-corrected chi connectivity index (χ2v) is 11.4. The van der Waals surface area contributed by atoms with Crippen LogP contribution in [-0.4, -0.2) is 0 Å². The van der Waals surface area contributed by atoms with Gasteiger partial charge in [0, 0.05) is 5.39 Å². The Morgan fingerprint density at radius 2 is 1.36 bits per heavy atom. The lowest BCUT2D eigenvalue weighted by Gasteiger charge is -2.38. The van der Waals surface area contributed by atoms with Crippen LogP contribution in [0.1, 0.15) is 115 Å². The van der Waals surface area contributed by atoms with Crippen LogP contribution < -0.4 is 0 Å². The number of fused-ring (bicyclic) bond motifs is 1. The molecule has 0 aromatic heterocycles. The lowest BCUT2D eigenvalue weighted by molar-refractivity contribution is 0.141. The fraction of sp³-hybridized carbons (Fsp3) is 0.688. The van der Waals surface area contributed by atoms with E-state index >= 15 is 0 Å². The van der Waals surface area contributed by atoms with E-state index in [1.165, 1.54) is 89.0 Å². The van der Waals surface area contributed by atoms with Crippen LogP contribution in [0.25, 0.3) is 10.8 Å². The zero-order valence-electron chi connectivity index (χ0n) is 21.4. The molecular weight excluding hydrogens is 403 g/mol. The smallest absolute Gasteiger partial charge is 0.134 e. The maximum atomic E-state index is 15.0. The van der Waals surface area contributed by atoms with Gasteiger partial charge in [0.05, 0.1) is 0 Å². The first-order valence-electron chi connectivity index (χ1n) is 14.4. The van der Waals surface area contributed by atoms with E-state index in [2.05, 4.69) is 32.0 Å². The molecule has 0 nitrogen and oxygen atoms in total. The predicted octanol–water partition coefficient (Wildman–Crippen LogP) is 10.1. The van der Waals surface area contributed by atoms with Crippen molar-refractivity contribution in [3.05, 3.63) is 47.3 Å². The van der Waals surface area contributed by atoms with Gasteiger partial charge in [0.1, 0.15) is 5.82 Å². The Labute approximate surface area is 202 Å². The van der Waals surface area contributed by atoms with Crippen molar-refractivity contribution in [2.75, 3.05) is 0 Å².